The number of nitrogens with one attached hydrogen (secondary N) is 1. The highest BCUT2D eigenvalue weighted by Gasteiger charge is 2.44. The molecule has 0 aromatic carbocycles. The average Bonchev–Trinajstić information content (AvgIpc) is 2.97. The predicted molar refractivity (Wildman–Crippen MR) is 91.0 cm³/mol. The van der Waals surface area contributed by atoms with Crippen LogP contribution in [0.5, 0.6) is 0 Å². The summed E-state index contributed by atoms with van der Waals surface area (Å²) in [6.07, 6.45) is 6.83. The predicted octanol–water partition coefficient (Wildman–Crippen LogP) is 2.57. The van der Waals surface area contributed by atoms with Gasteiger partial charge in [0.25, 0.3) is 0 Å². The van der Waals surface area contributed by atoms with E-state index >= 15 is 0 Å². The molecule has 0 spiro atoms. The summed E-state index contributed by atoms with van der Waals surface area (Å²) in [5.74, 6) is 0.315. The standard InChI is InChI=1S/C16H26N2O2S2/c1-15(2)5-4-12-13(8-15)21-14(18-12)9-17-10-16(6-7-16)11-22(3,19)20/h17H,4-11H2,1-3H3. The zero-order valence-electron chi connectivity index (χ0n) is 13.7. The van der Waals surface area contributed by atoms with E-state index in [0.29, 0.717) is 11.2 Å². The summed E-state index contributed by atoms with van der Waals surface area (Å²) in [6.45, 7) is 6.21. The second kappa shape index (κ2) is 5.56. The van der Waals surface area contributed by atoms with E-state index in [1.807, 2.05) is 11.3 Å². The van der Waals surface area contributed by atoms with Gasteiger partial charge in [0.15, 0.2) is 0 Å². The Balaban J connectivity index is 1.54. The van der Waals surface area contributed by atoms with Gasteiger partial charge in [-0.2, -0.15) is 0 Å². The monoisotopic (exact) mass is 342 g/mol. The van der Waals surface area contributed by atoms with Crippen molar-refractivity contribution in [3.63, 3.8) is 0 Å². The molecule has 1 N–H and O–H groups in total. The molecule has 1 heterocycles. The molecular weight excluding hydrogens is 316 g/mol. The van der Waals surface area contributed by atoms with E-state index in [4.69, 9.17) is 4.98 Å². The minimum atomic E-state index is -2.88. The summed E-state index contributed by atoms with van der Waals surface area (Å²) in [5.41, 5.74) is 1.68. The maximum atomic E-state index is 11.5. The van der Waals surface area contributed by atoms with Gasteiger partial charge in [0.1, 0.15) is 14.8 Å². The first-order valence-corrected chi connectivity index (χ1v) is 10.9. The molecule has 0 aliphatic heterocycles. The molecule has 1 saturated carbocycles. The normalized spacial score (nSPS) is 22.3. The van der Waals surface area contributed by atoms with E-state index in [1.54, 1.807) is 0 Å². The zero-order chi connectivity index (χ0) is 16.0. The van der Waals surface area contributed by atoms with Crippen molar-refractivity contribution in [3.05, 3.63) is 15.6 Å². The highest BCUT2D eigenvalue weighted by molar-refractivity contribution is 7.90. The Bertz CT molecular complexity index is 658. The van der Waals surface area contributed by atoms with Crippen LogP contribution in [0, 0.1) is 10.8 Å². The van der Waals surface area contributed by atoms with Gasteiger partial charge in [-0.3, -0.25) is 0 Å². The highest BCUT2D eigenvalue weighted by Crippen LogP contribution is 2.46. The van der Waals surface area contributed by atoms with Crippen molar-refractivity contribution in [3.8, 4) is 0 Å². The van der Waals surface area contributed by atoms with E-state index in [0.717, 1.165) is 43.8 Å². The first-order chi connectivity index (χ1) is 10.2. The number of sulfone groups is 1. The molecule has 1 aromatic rings. The number of fused-ring (bicyclic) bond motifs is 1. The zero-order valence-corrected chi connectivity index (χ0v) is 15.4. The third-order valence-electron chi connectivity index (χ3n) is 4.80. The molecule has 2 aliphatic carbocycles. The number of hydrogen-bond acceptors (Lipinski definition) is 5. The Hall–Kier alpha value is -0.460. The van der Waals surface area contributed by atoms with Crippen LogP contribution in [-0.4, -0.2) is 32.0 Å². The second-order valence-corrected chi connectivity index (χ2v) is 11.3. The third kappa shape index (κ3) is 4.09. The van der Waals surface area contributed by atoms with Gasteiger partial charge in [-0.25, -0.2) is 13.4 Å². The molecule has 0 atom stereocenters. The van der Waals surface area contributed by atoms with Crippen molar-refractivity contribution in [1.29, 1.82) is 0 Å². The number of rotatable bonds is 6. The lowest BCUT2D eigenvalue weighted by molar-refractivity contribution is 0.316. The maximum Gasteiger partial charge on any atom is 0.148 e. The Kier molecular flexibility index (Phi) is 4.15. The molecule has 124 valence electrons. The second-order valence-electron chi connectivity index (χ2n) is 7.99. The van der Waals surface area contributed by atoms with Crippen LogP contribution < -0.4 is 5.32 Å². The SMILES string of the molecule is CC1(C)CCc2nc(CNCC3(CS(C)(=O)=O)CC3)sc2C1. The molecule has 1 aromatic heterocycles. The van der Waals surface area contributed by atoms with Crippen molar-refractivity contribution in [2.24, 2.45) is 10.8 Å². The Labute approximate surface area is 137 Å². The lowest BCUT2D eigenvalue weighted by atomic mass is 9.79. The lowest BCUT2D eigenvalue weighted by Gasteiger charge is -2.28. The smallest absolute Gasteiger partial charge is 0.148 e. The van der Waals surface area contributed by atoms with Crippen molar-refractivity contribution in [1.82, 2.24) is 10.3 Å². The van der Waals surface area contributed by atoms with Gasteiger partial charge in [-0.05, 0) is 42.9 Å². The first kappa shape index (κ1) is 16.4. The molecule has 4 nitrogen and oxygen atoms in total. The van der Waals surface area contributed by atoms with E-state index in [1.165, 1.54) is 23.2 Å². The van der Waals surface area contributed by atoms with Gasteiger partial charge in [0.05, 0.1) is 11.4 Å². The van der Waals surface area contributed by atoms with Crippen LogP contribution in [0.15, 0.2) is 0 Å². The van der Waals surface area contributed by atoms with Crippen molar-refractivity contribution < 1.29 is 8.42 Å². The quantitative estimate of drug-likeness (QED) is 0.863. The number of hydrogen-bond donors (Lipinski definition) is 1. The summed E-state index contributed by atoms with van der Waals surface area (Å²) in [4.78, 5) is 6.22. The van der Waals surface area contributed by atoms with Crippen molar-refractivity contribution >= 4 is 21.2 Å². The van der Waals surface area contributed by atoms with E-state index in [9.17, 15) is 8.42 Å². The Morgan fingerprint density at radius 1 is 1.27 bits per heavy atom. The molecule has 0 saturated heterocycles. The minimum Gasteiger partial charge on any atom is -0.310 e. The fourth-order valence-electron chi connectivity index (χ4n) is 3.37. The van der Waals surface area contributed by atoms with Gasteiger partial charge in [-0.15, -0.1) is 11.3 Å². The fraction of sp³-hybridized carbons (Fsp3) is 0.812. The minimum absolute atomic E-state index is 0.00749. The average molecular weight is 343 g/mol. The number of aromatic nitrogens is 1. The van der Waals surface area contributed by atoms with Crippen LogP contribution in [0.25, 0.3) is 0 Å². The fourth-order valence-corrected chi connectivity index (χ4v) is 6.21. The van der Waals surface area contributed by atoms with Crippen LogP contribution in [0.4, 0.5) is 0 Å². The van der Waals surface area contributed by atoms with Gasteiger partial charge in [0, 0.05) is 24.2 Å². The third-order valence-corrected chi connectivity index (χ3v) is 7.04. The molecule has 0 unspecified atom stereocenters. The summed E-state index contributed by atoms with van der Waals surface area (Å²) in [5, 5.41) is 4.59. The lowest BCUT2D eigenvalue weighted by Crippen LogP contribution is -2.29. The van der Waals surface area contributed by atoms with E-state index in [2.05, 4.69) is 19.2 Å². The summed E-state index contributed by atoms with van der Waals surface area (Å²) >= 11 is 1.83. The van der Waals surface area contributed by atoms with Crippen LogP contribution >= 0.6 is 11.3 Å². The molecule has 0 bridgehead atoms. The molecule has 3 rings (SSSR count). The molecular formula is C16H26N2O2S2. The van der Waals surface area contributed by atoms with E-state index < -0.39 is 9.84 Å². The summed E-state index contributed by atoms with van der Waals surface area (Å²) in [6, 6.07) is 0. The van der Waals surface area contributed by atoms with Crippen molar-refractivity contribution in [2.45, 2.75) is 52.5 Å². The molecule has 22 heavy (non-hydrogen) atoms. The van der Waals surface area contributed by atoms with Gasteiger partial charge >= 0.3 is 0 Å². The summed E-state index contributed by atoms with van der Waals surface area (Å²) < 4.78 is 23.0. The summed E-state index contributed by atoms with van der Waals surface area (Å²) in [7, 11) is -2.88. The number of thiazole rings is 1. The molecule has 2 aliphatic rings. The van der Waals surface area contributed by atoms with E-state index in [-0.39, 0.29) is 5.41 Å². The van der Waals surface area contributed by atoms with Gasteiger partial charge < -0.3 is 5.32 Å². The number of aryl methyl sites for hydroxylation is 1. The highest BCUT2D eigenvalue weighted by atomic mass is 32.2. The van der Waals surface area contributed by atoms with Gasteiger partial charge in [0.2, 0.25) is 0 Å². The molecule has 0 radical (unpaired) electrons. The maximum absolute atomic E-state index is 11.5. The van der Waals surface area contributed by atoms with Gasteiger partial charge in [-0.1, -0.05) is 13.8 Å². The first-order valence-electron chi connectivity index (χ1n) is 8.02. The Morgan fingerprint density at radius 2 is 2.00 bits per heavy atom. The van der Waals surface area contributed by atoms with Crippen LogP contribution in [0.3, 0.4) is 0 Å². The largest absolute Gasteiger partial charge is 0.310 e. The molecule has 6 heteroatoms. The van der Waals surface area contributed by atoms with Crippen LogP contribution in [0.1, 0.15) is 48.7 Å². The van der Waals surface area contributed by atoms with Crippen LogP contribution in [-0.2, 0) is 29.2 Å². The van der Waals surface area contributed by atoms with Crippen molar-refractivity contribution in [2.75, 3.05) is 18.6 Å². The molecule has 1 fully saturated rings. The molecule has 0 amide bonds. The topological polar surface area (TPSA) is 59.1 Å². The Morgan fingerprint density at radius 3 is 2.64 bits per heavy atom. The van der Waals surface area contributed by atoms with Crippen LogP contribution in [0.2, 0.25) is 0 Å². The number of nitrogens with zero attached hydrogens (tertiary/aromatic N) is 1.